The molecule has 0 saturated heterocycles. The van der Waals surface area contributed by atoms with E-state index < -0.39 is 5.69 Å². The summed E-state index contributed by atoms with van der Waals surface area (Å²) in [5.74, 6) is 0. The molecule has 0 bridgehead atoms. The van der Waals surface area contributed by atoms with Crippen molar-refractivity contribution in [2.24, 2.45) is 14.1 Å². The smallest absolute Gasteiger partial charge is 0.332 e. The van der Waals surface area contributed by atoms with Crippen LogP contribution in [0.1, 0.15) is 5.56 Å². The van der Waals surface area contributed by atoms with Gasteiger partial charge in [-0.25, -0.2) is 9.78 Å². The van der Waals surface area contributed by atoms with E-state index >= 15 is 0 Å². The maximum absolute atomic E-state index is 12.7. The lowest BCUT2D eigenvalue weighted by molar-refractivity contribution is 0.707. The van der Waals surface area contributed by atoms with Crippen molar-refractivity contribution in [1.82, 2.24) is 14.1 Å². The predicted molar refractivity (Wildman–Crippen MR) is 101 cm³/mol. The van der Waals surface area contributed by atoms with E-state index in [4.69, 9.17) is 0 Å². The molecule has 3 rings (SSSR count). The molecule has 1 N–H and O–H groups in total. The SMILES string of the molecule is Cc1cnc2c(c1Nc1ccc(N(C)C)cc1)c(=O)n(C)c(=O)n2C. The van der Waals surface area contributed by atoms with E-state index in [2.05, 4.69) is 10.3 Å². The van der Waals surface area contributed by atoms with Gasteiger partial charge in [-0.2, -0.15) is 0 Å². The zero-order valence-corrected chi connectivity index (χ0v) is 15.0. The van der Waals surface area contributed by atoms with E-state index in [0.29, 0.717) is 16.7 Å². The highest BCUT2D eigenvalue weighted by molar-refractivity contribution is 5.92. The summed E-state index contributed by atoms with van der Waals surface area (Å²) in [4.78, 5) is 31.1. The molecule has 0 atom stereocenters. The van der Waals surface area contributed by atoms with Crippen molar-refractivity contribution in [3.8, 4) is 0 Å². The monoisotopic (exact) mass is 339 g/mol. The lowest BCUT2D eigenvalue weighted by Gasteiger charge is -2.16. The second kappa shape index (κ2) is 6.08. The lowest BCUT2D eigenvalue weighted by atomic mass is 10.1. The number of nitrogens with zero attached hydrogens (tertiary/aromatic N) is 4. The summed E-state index contributed by atoms with van der Waals surface area (Å²) in [6.45, 7) is 1.88. The molecule has 0 radical (unpaired) electrons. The summed E-state index contributed by atoms with van der Waals surface area (Å²) in [5, 5.41) is 3.71. The third-order valence-corrected chi connectivity index (χ3v) is 4.31. The van der Waals surface area contributed by atoms with Crippen molar-refractivity contribution in [2.75, 3.05) is 24.3 Å². The van der Waals surface area contributed by atoms with Gasteiger partial charge in [-0.3, -0.25) is 13.9 Å². The average Bonchev–Trinajstić information content (AvgIpc) is 2.60. The van der Waals surface area contributed by atoms with Gasteiger partial charge in [-0.05, 0) is 36.8 Å². The number of hydrogen-bond acceptors (Lipinski definition) is 5. The Hall–Kier alpha value is -3.09. The lowest BCUT2D eigenvalue weighted by Crippen LogP contribution is -2.37. The fraction of sp³-hybridized carbons (Fsp3) is 0.278. The predicted octanol–water partition coefficient (Wildman–Crippen LogP) is 1.75. The fourth-order valence-corrected chi connectivity index (χ4v) is 2.77. The summed E-state index contributed by atoms with van der Waals surface area (Å²) < 4.78 is 2.49. The average molecular weight is 339 g/mol. The van der Waals surface area contributed by atoms with Gasteiger partial charge in [0.05, 0.1) is 5.69 Å². The van der Waals surface area contributed by atoms with Crippen LogP contribution >= 0.6 is 0 Å². The Bertz CT molecular complexity index is 1060. The molecule has 0 fully saturated rings. The van der Waals surface area contributed by atoms with Gasteiger partial charge in [-0.1, -0.05) is 0 Å². The van der Waals surface area contributed by atoms with Crippen molar-refractivity contribution in [3.05, 3.63) is 56.9 Å². The van der Waals surface area contributed by atoms with Gasteiger partial charge in [0.2, 0.25) is 0 Å². The van der Waals surface area contributed by atoms with Crippen molar-refractivity contribution in [3.63, 3.8) is 0 Å². The van der Waals surface area contributed by atoms with Gasteiger partial charge in [-0.15, -0.1) is 0 Å². The molecule has 0 saturated carbocycles. The minimum atomic E-state index is -0.393. The van der Waals surface area contributed by atoms with E-state index in [1.54, 1.807) is 13.2 Å². The molecule has 2 aromatic heterocycles. The summed E-state index contributed by atoms with van der Waals surface area (Å²) in [7, 11) is 7.05. The first-order valence-electron chi connectivity index (χ1n) is 7.91. The van der Waals surface area contributed by atoms with Gasteiger partial charge in [0.15, 0.2) is 5.65 Å². The van der Waals surface area contributed by atoms with Gasteiger partial charge in [0, 0.05) is 45.8 Å². The standard InChI is InChI=1S/C18H21N5O2/c1-11-10-19-16-14(17(24)23(5)18(25)22(16)4)15(11)20-12-6-8-13(9-7-12)21(2)3/h6-10H,1-5H3,(H,19,20). The van der Waals surface area contributed by atoms with E-state index in [9.17, 15) is 9.59 Å². The molecule has 7 nitrogen and oxygen atoms in total. The molecule has 0 amide bonds. The Morgan fingerprint density at radius 3 is 2.28 bits per heavy atom. The third-order valence-electron chi connectivity index (χ3n) is 4.31. The van der Waals surface area contributed by atoms with E-state index in [0.717, 1.165) is 21.5 Å². The van der Waals surface area contributed by atoms with Crippen molar-refractivity contribution >= 4 is 28.1 Å². The first-order chi connectivity index (χ1) is 11.8. The Kier molecular flexibility index (Phi) is 4.08. The highest BCUT2D eigenvalue weighted by Crippen LogP contribution is 2.26. The number of anilines is 3. The number of hydrogen-bond donors (Lipinski definition) is 1. The molecule has 130 valence electrons. The van der Waals surface area contributed by atoms with E-state index in [1.807, 2.05) is 50.2 Å². The number of aromatic nitrogens is 3. The number of rotatable bonds is 3. The summed E-state index contributed by atoms with van der Waals surface area (Å²) in [5.41, 5.74) is 3.05. The van der Waals surface area contributed by atoms with E-state index in [-0.39, 0.29) is 5.56 Å². The number of aryl methyl sites for hydroxylation is 2. The number of benzene rings is 1. The van der Waals surface area contributed by atoms with Crippen LogP contribution in [0.3, 0.4) is 0 Å². The van der Waals surface area contributed by atoms with Crippen LogP contribution in [0.5, 0.6) is 0 Å². The van der Waals surface area contributed by atoms with Crippen LogP contribution in [-0.4, -0.2) is 28.2 Å². The number of fused-ring (bicyclic) bond motifs is 1. The molecule has 0 spiro atoms. The first-order valence-corrected chi connectivity index (χ1v) is 7.91. The van der Waals surface area contributed by atoms with Gasteiger partial charge in [0.25, 0.3) is 5.56 Å². The normalized spacial score (nSPS) is 10.9. The van der Waals surface area contributed by atoms with Crippen molar-refractivity contribution in [1.29, 1.82) is 0 Å². The summed E-state index contributed by atoms with van der Waals surface area (Å²) >= 11 is 0. The van der Waals surface area contributed by atoms with Gasteiger partial charge < -0.3 is 10.2 Å². The number of nitrogens with one attached hydrogen (secondary N) is 1. The Morgan fingerprint density at radius 2 is 1.68 bits per heavy atom. The quantitative estimate of drug-likeness (QED) is 0.787. The Labute approximate surface area is 145 Å². The zero-order chi connectivity index (χ0) is 18.3. The van der Waals surface area contributed by atoms with Gasteiger partial charge in [0.1, 0.15) is 5.39 Å². The molecule has 0 aliphatic carbocycles. The molecule has 0 unspecified atom stereocenters. The molecule has 1 aromatic carbocycles. The van der Waals surface area contributed by atoms with Crippen LogP contribution < -0.4 is 21.5 Å². The number of pyridine rings is 1. The van der Waals surface area contributed by atoms with Crippen LogP contribution in [-0.2, 0) is 14.1 Å². The Morgan fingerprint density at radius 1 is 1.04 bits per heavy atom. The molecular weight excluding hydrogens is 318 g/mol. The summed E-state index contributed by atoms with van der Waals surface area (Å²) in [6, 6.07) is 7.89. The van der Waals surface area contributed by atoms with Crippen molar-refractivity contribution < 1.29 is 0 Å². The minimum absolute atomic E-state index is 0.360. The van der Waals surface area contributed by atoms with Crippen LogP contribution in [0.15, 0.2) is 40.1 Å². The molecule has 0 aliphatic heterocycles. The molecule has 25 heavy (non-hydrogen) atoms. The van der Waals surface area contributed by atoms with Crippen molar-refractivity contribution in [2.45, 2.75) is 6.92 Å². The second-order valence-electron chi connectivity index (χ2n) is 6.29. The van der Waals surface area contributed by atoms with Crippen LogP contribution in [0, 0.1) is 6.92 Å². The maximum atomic E-state index is 12.7. The van der Waals surface area contributed by atoms with Gasteiger partial charge >= 0.3 is 5.69 Å². The molecule has 7 heteroatoms. The molecule has 0 aliphatic rings. The molecule has 2 heterocycles. The largest absolute Gasteiger partial charge is 0.378 e. The first kappa shape index (κ1) is 16.8. The maximum Gasteiger partial charge on any atom is 0.332 e. The Balaban J connectivity index is 2.20. The third kappa shape index (κ3) is 2.77. The highest BCUT2D eigenvalue weighted by Gasteiger charge is 2.15. The fourth-order valence-electron chi connectivity index (χ4n) is 2.77. The zero-order valence-electron chi connectivity index (χ0n) is 15.0. The summed E-state index contributed by atoms with van der Waals surface area (Å²) in [6.07, 6.45) is 1.66. The van der Waals surface area contributed by atoms with Crippen LogP contribution in [0.25, 0.3) is 11.0 Å². The van der Waals surface area contributed by atoms with Crippen LogP contribution in [0.2, 0.25) is 0 Å². The second-order valence-corrected chi connectivity index (χ2v) is 6.29. The van der Waals surface area contributed by atoms with Crippen LogP contribution in [0.4, 0.5) is 17.1 Å². The van der Waals surface area contributed by atoms with E-state index in [1.165, 1.54) is 11.6 Å². The highest BCUT2D eigenvalue weighted by atomic mass is 16.2. The topological polar surface area (TPSA) is 72.2 Å². The molecule has 3 aromatic rings. The molecular formula is C18H21N5O2. The minimum Gasteiger partial charge on any atom is -0.378 e.